The third-order valence-electron chi connectivity index (χ3n) is 10.4. The SMILES string of the molecule is C#Cc1c(F)ccc2cc(O)cc(-c3nc(OC)c(/C(=N\COCC4(CN5CCC(C)(F)C5)CC4)N4CC5CCC(C4)N5)c(N=C)c3F)c12. The second kappa shape index (κ2) is 12.9. The molecular weight excluding hydrogens is 633 g/mol. The number of likely N-dealkylation sites (tertiary alicyclic amines) is 2. The number of phenols is 1. The lowest BCUT2D eigenvalue weighted by Gasteiger charge is -2.36. The molecule has 258 valence electrons. The molecule has 12 heteroatoms. The number of rotatable bonds is 10. The van der Waals surface area contributed by atoms with Gasteiger partial charge < -0.3 is 24.8 Å². The maximum absolute atomic E-state index is 16.8. The number of alkyl halides is 1. The maximum atomic E-state index is 16.8. The Bertz CT molecular complexity index is 1860. The van der Waals surface area contributed by atoms with E-state index in [4.69, 9.17) is 20.9 Å². The number of terminal acetylenes is 1. The fourth-order valence-electron chi connectivity index (χ4n) is 7.78. The zero-order valence-corrected chi connectivity index (χ0v) is 27.9. The van der Waals surface area contributed by atoms with Crippen molar-refractivity contribution in [3.8, 4) is 35.2 Å². The van der Waals surface area contributed by atoms with Gasteiger partial charge in [-0.3, -0.25) is 9.89 Å². The van der Waals surface area contributed by atoms with E-state index in [1.54, 1.807) is 6.92 Å². The van der Waals surface area contributed by atoms with Gasteiger partial charge in [-0.25, -0.2) is 23.1 Å². The summed E-state index contributed by atoms with van der Waals surface area (Å²) in [4.78, 5) is 17.9. The Hall–Kier alpha value is -4.18. The molecule has 3 unspecified atom stereocenters. The van der Waals surface area contributed by atoms with Crippen molar-refractivity contribution < 1.29 is 27.8 Å². The topological polar surface area (TPSA) is 94.8 Å². The number of aromatic nitrogens is 1. The van der Waals surface area contributed by atoms with Crippen molar-refractivity contribution in [2.45, 2.75) is 56.8 Å². The van der Waals surface area contributed by atoms with E-state index >= 15 is 4.39 Å². The molecule has 0 radical (unpaired) electrons. The van der Waals surface area contributed by atoms with Gasteiger partial charge in [0.1, 0.15) is 46.7 Å². The van der Waals surface area contributed by atoms with Crippen LogP contribution in [0.2, 0.25) is 0 Å². The minimum Gasteiger partial charge on any atom is -0.508 e. The number of aliphatic imine (C=N–C) groups is 2. The Morgan fingerprint density at radius 2 is 1.96 bits per heavy atom. The van der Waals surface area contributed by atoms with Crippen LogP contribution in [0.4, 0.5) is 18.9 Å². The van der Waals surface area contributed by atoms with E-state index in [9.17, 15) is 13.9 Å². The quantitative estimate of drug-likeness (QED) is 0.126. The molecule has 1 aliphatic carbocycles. The Morgan fingerprint density at radius 3 is 2.59 bits per heavy atom. The van der Waals surface area contributed by atoms with Gasteiger partial charge in [0.15, 0.2) is 5.82 Å². The monoisotopic (exact) mass is 674 g/mol. The second-order valence-corrected chi connectivity index (χ2v) is 14.2. The number of ether oxygens (including phenoxy) is 2. The van der Waals surface area contributed by atoms with Crippen molar-refractivity contribution in [3.05, 3.63) is 47.0 Å². The first kappa shape index (κ1) is 33.3. The summed E-state index contributed by atoms with van der Waals surface area (Å²) in [6.07, 6.45) is 10.3. The van der Waals surface area contributed by atoms with Gasteiger partial charge in [-0.2, -0.15) is 0 Å². The molecule has 3 aliphatic heterocycles. The average molecular weight is 675 g/mol. The van der Waals surface area contributed by atoms with E-state index in [-0.39, 0.29) is 69.3 Å². The van der Waals surface area contributed by atoms with Crippen molar-refractivity contribution >= 4 is 29.0 Å². The highest BCUT2D eigenvalue weighted by Gasteiger charge is 2.47. The lowest BCUT2D eigenvalue weighted by Crippen LogP contribution is -2.53. The first-order chi connectivity index (χ1) is 23.5. The van der Waals surface area contributed by atoms with E-state index in [1.807, 2.05) is 0 Å². The van der Waals surface area contributed by atoms with Gasteiger partial charge in [-0.05, 0) is 69.3 Å². The number of hydrogen-bond donors (Lipinski definition) is 2. The van der Waals surface area contributed by atoms with E-state index in [1.165, 1.54) is 31.4 Å². The van der Waals surface area contributed by atoms with Crippen LogP contribution in [0.1, 0.15) is 50.2 Å². The van der Waals surface area contributed by atoms with Gasteiger partial charge in [0.05, 0.1) is 19.3 Å². The second-order valence-electron chi connectivity index (χ2n) is 14.2. The lowest BCUT2D eigenvalue weighted by molar-refractivity contribution is 0.0753. The molecule has 7 rings (SSSR count). The Morgan fingerprint density at radius 1 is 1.20 bits per heavy atom. The number of aromatic hydroxyl groups is 1. The summed E-state index contributed by atoms with van der Waals surface area (Å²) < 4.78 is 58.1. The van der Waals surface area contributed by atoms with Crippen LogP contribution in [0, 0.1) is 29.4 Å². The van der Waals surface area contributed by atoms with Crippen LogP contribution < -0.4 is 10.1 Å². The summed E-state index contributed by atoms with van der Waals surface area (Å²) in [5.41, 5.74) is -1.34. The van der Waals surface area contributed by atoms with Crippen LogP contribution in [-0.2, 0) is 4.74 Å². The molecule has 4 heterocycles. The molecular formula is C37H41F3N6O3. The van der Waals surface area contributed by atoms with E-state index in [2.05, 4.69) is 37.7 Å². The minimum absolute atomic E-state index is 0.00226. The van der Waals surface area contributed by atoms with E-state index < -0.39 is 17.3 Å². The highest BCUT2D eigenvalue weighted by atomic mass is 19.1. The molecule has 2 N–H and O–H groups in total. The summed E-state index contributed by atoms with van der Waals surface area (Å²) in [7, 11) is 1.42. The number of methoxy groups -OCH3 is 1. The summed E-state index contributed by atoms with van der Waals surface area (Å²) in [5.74, 6) is 1.12. The molecule has 1 saturated carbocycles. The molecule has 4 fully saturated rings. The standard InChI is InChI=1S/C37H41F3N6O3/c1-5-26-28(38)9-6-22-14-25(47)15-27(29(22)26)32-31(39)33(41-3)30(35(44-32)48-4)34(46-16-23-7-8-24(17-46)43-23)42-21-49-20-37(10-11-37)19-45-13-12-36(2,40)18-45/h1,6,9,14-15,23-24,43,47H,3,7-8,10-13,16-21H2,2,4H3/b42-34+. The summed E-state index contributed by atoms with van der Waals surface area (Å²) in [6, 6.07) is 5.85. The van der Waals surface area contributed by atoms with Crippen LogP contribution in [0.15, 0.2) is 34.3 Å². The van der Waals surface area contributed by atoms with Crippen LogP contribution in [0.5, 0.6) is 11.6 Å². The lowest BCUT2D eigenvalue weighted by atomic mass is 9.95. The molecule has 49 heavy (non-hydrogen) atoms. The summed E-state index contributed by atoms with van der Waals surface area (Å²) >= 11 is 0. The first-order valence-electron chi connectivity index (χ1n) is 16.7. The third kappa shape index (κ3) is 6.47. The largest absolute Gasteiger partial charge is 0.508 e. The van der Waals surface area contributed by atoms with Crippen molar-refractivity contribution in [2.24, 2.45) is 15.4 Å². The van der Waals surface area contributed by atoms with Crippen LogP contribution in [0.25, 0.3) is 22.0 Å². The van der Waals surface area contributed by atoms with Gasteiger partial charge >= 0.3 is 0 Å². The number of pyridine rings is 1. The predicted octanol–water partition coefficient (Wildman–Crippen LogP) is 5.58. The van der Waals surface area contributed by atoms with Crippen LogP contribution >= 0.6 is 0 Å². The average Bonchev–Trinajstić information content (AvgIpc) is 3.63. The highest BCUT2D eigenvalue weighted by Crippen LogP contribution is 2.48. The summed E-state index contributed by atoms with van der Waals surface area (Å²) in [6.45, 7) is 9.05. The molecule has 3 saturated heterocycles. The van der Waals surface area contributed by atoms with Crippen molar-refractivity contribution in [3.63, 3.8) is 0 Å². The number of phenolic OH excluding ortho intramolecular Hbond substituents is 1. The van der Waals surface area contributed by atoms with Gasteiger partial charge in [-0.15, -0.1) is 6.42 Å². The predicted molar refractivity (Wildman–Crippen MR) is 184 cm³/mol. The van der Waals surface area contributed by atoms with Crippen LogP contribution in [0.3, 0.4) is 0 Å². The fraction of sp³-hybridized carbons (Fsp3) is 0.486. The van der Waals surface area contributed by atoms with Gasteiger partial charge in [0.2, 0.25) is 5.88 Å². The molecule has 3 atom stereocenters. The molecule has 2 bridgehead atoms. The number of nitrogens with zero attached hydrogens (tertiary/aromatic N) is 5. The highest BCUT2D eigenvalue weighted by molar-refractivity contribution is 6.07. The number of nitrogens with one attached hydrogen (secondary N) is 1. The first-order valence-corrected chi connectivity index (χ1v) is 16.7. The van der Waals surface area contributed by atoms with Crippen LogP contribution in [-0.4, -0.2) is 103 Å². The molecule has 9 nitrogen and oxygen atoms in total. The normalized spacial score (nSPS) is 24.7. The number of amidine groups is 1. The molecule has 2 aromatic carbocycles. The molecule has 3 aromatic rings. The number of halogens is 3. The Labute approximate surface area is 284 Å². The number of fused-ring (bicyclic) bond motifs is 3. The van der Waals surface area contributed by atoms with E-state index in [0.717, 1.165) is 38.8 Å². The smallest absolute Gasteiger partial charge is 0.227 e. The maximum Gasteiger partial charge on any atom is 0.227 e. The van der Waals surface area contributed by atoms with Gasteiger partial charge in [0.25, 0.3) is 0 Å². The van der Waals surface area contributed by atoms with Gasteiger partial charge in [-0.1, -0.05) is 12.0 Å². The summed E-state index contributed by atoms with van der Waals surface area (Å²) in [5, 5.41) is 14.8. The Kier molecular flexibility index (Phi) is 8.80. The van der Waals surface area contributed by atoms with Crippen molar-refractivity contribution in [1.82, 2.24) is 20.1 Å². The number of piperazine rings is 1. The number of benzene rings is 2. The zero-order valence-electron chi connectivity index (χ0n) is 27.9. The molecule has 0 spiro atoms. The van der Waals surface area contributed by atoms with Gasteiger partial charge in [0, 0.05) is 61.2 Å². The van der Waals surface area contributed by atoms with E-state index in [0.29, 0.717) is 43.9 Å². The Balaban J connectivity index is 1.26. The third-order valence-corrected chi connectivity index (χ3v) is 10.4. The molecule has 0 amide bonds. The fourth-order valence-corrected chi connectivity index (χ4v) is 7.78. The molecule has 4 aliphatic rings. The zero-order chi connectivity index (χ0) is 34.5. The minimum atomic E-state index is -1.15. The molecule has 1 aromatic heterocycles. The number of hydrogen-bond acceptors (Lipinski definition) is 8. The van der Waals surface area contributed by atoms with Crippen molar-refractivity contribution in [1.29, 1.82) is 0 Å². The van der Waals surface area contributed by atoms with Crippen molar-refractivity contribution in [2.75, 3.05) is 53.2 Å².